The number of anilines is 4. The molecule has 1 N–H and O–H groups in total. The highest BCUT2D eigenvalue weighted by Crippen LogP contribution is 2.34. The van der Waals surface area contributed by atoms with Crippen LogP contribution in [0.3, 0.4) is 0 Å². The Morgan fingerprint density at radius 1 is 1.11 bits per heavy atom. The minimum Gasteiger partial charge on any atom is -0.495 e. The zero-order valence-electron chi connectivity index (χ0n) is 15.4. The van der Waals surface area contributed by atoms with Gasteiger partial charge in [-0.2, -0.15) is 0 Å². The predicted octanol–water partition coefficient (Wildman–Crippen LogP) is 5.27. The van der Waals surface area contributed by atoms with Crippen molar-refractivity contribution < 1.29 is 4.74 Å². The number of benzene rings is 2. The molecular weight excluding hydrogens is 360 g/mol. The van der Waals surface area contributed by atoms with Crippen molar-refractivity contribution >= 4 is 34.6 Å². The molecule has 138 valence electrons. The highest BCUT2D eigenvalue weighted by Gasteiger charge is 2.19. The molecule has 0 bridgehead atoms. The molecule has 4 rings (SSSR count). The number of methoxy groups -OCH3 is 1. The van der Waals surface area contributed by atoms with E-state index in [2.05, 4.69) is 44.5 Å². The van der Waals surface area contributed by atoms with Crippen LogP contribution >= 0.6 is 11.6 Å². The molecule has 0 aliphatic carbocycles. The monoisotopic (exact) mass is 380 g/mol. The number of aromatic nitrogens is 2. The number of ether oxygens (including phenoxy) is 1. The van der Waals surface area contributed by atoms with E-state index in [4.69, 9.17) is 16.3 Å². The first-order valence-electron chi connectivity index (χ1n) is 8.96. The normalized spacial score (nSPS) is 13.2. The second-order valence-electron chi connectivity index (χ2n) is 6.52. The summed E-state index contributed by atoms with van der Waals surface area (Å²) >= 11 is 6.23. The van der Waals surface area contributed by atoms with Crippen LogP contribution in [0.2, 0.25) is 5.02 Å². The minimum atomic E-state index is 0.554. The van der Waals surface area contributed by atoms with Gasteiger partial charge < -0.3 is 15.0 Å². The molecule has 0 fully saturated rings. The van der Waals surface area contributed by atoms with Gasteiger partial charge in [-0.1, -0.05) is 29.8 Å². The average Bonchev–Trinajstić information content (AvgIpc) is 2.67. The van der Waals surface area contributed by atoms with Crippen LogP contribution in [0.4, 0.5) is 23.0 Å². The van der Waals surface area contributed by atoms with E-state index in [-0.39, 0.29) is 0 Å². The van der Waals surface area contributed by atoms with Gasteiger partial charge in [0.25, 0.3) is 0 Å². The van der Waals surface area contributed by atoms with E-state index in [0.717, 1.165) is 42.5 Å². The van der Waals surface area contributed by atoms with E-state index in [0.29, 0.717) is 10.8 Å². The van der Waals surface area contributed by atoms with Crippen molar-refractivity contribution in [3.8, 4) is 5.75 Å². The Bertz CT molecular complexity index is 976. The second-order valence-corrected chi connectivity index (χ2v) is 6.92. The van der Waals surface area contributed by atoms with Crippen LogP contribution in [0, 0.1) is 6.92 Å². The maximum Gasteiger partial charge on any atom is 0.138 e. The standard InChI is InChI=1S/C21H21ClN4O/c1-14-23-20(25-16-9-10-19(27-2)17(22)12-16)13-21(24-14)26-11-5-7-15-6-3-4-8-18(15)26/h3-4,6,8-10,12-13H,5,7,11H2,1-2H3,(H,23,24,25). The van der Waals surface area contributed by atoms with Gasteiger partial charge in [0, 0.05) is 24.0 Å². The lowest BCUT2D eigenvalue weighted by molar-refractivity contribution is 0.415. The van der Waals surface area contributed by atoms with E-state index < -0.39 is 0 Å². The molecule has 0 spiro atoms. The van der Waals surface area contributed by atoms with E-state index in [1.165, 1.54) is 11.3 Å². The molecule has 0 atom stereocenters. The van der Waals surface area contributed by atoms with Gasteiger partial charge >= 0.3 is 0 Å². The molecule has 5 nitrogen and oxygen atoms in total. The number of rotatable bonds is 4. The SMILES string of the molecule is COc1ccc(Nc2cc(N3CCCc4ccccc43)nc(C)n2)cc1Cl. The van der Waals surface area contributed by atoms with Crippen molar-refractivity contribution in [2.24, 2.45) is 0 Å². The highest BCUT2D eigenvalue weighted by molar-refractivity contribution is 6.32. The Kier molecular flexibility index (Phi) is 4.86. The van der Waals surface area contributed by atoms with Crippen LogP contribution < -0.4 is 15.0 Å². The average molecular weight is 381 g/mol. The Balaban J connectivity index is 1.66. The van der Waals surface area contributed by atoms with Crippen molar-refractivity contribution in [3.63, 3.8) is 0 Å². The Hall–Kier alpha value is -2.79. The molecule has 2 heterocycles. The van der Waals surface area contributed by atoms with Gasteiger partial charge in [0.15, 0.2) is 0 Å². The first-order chi connectivity index (χ1) is 13.1. The summed E-state index contributed by atoms with van der Waals surface area (Å²) in [5, 5.41) is 3.88. The molecule has 27 heavy (non-hydrogen) atoms. The first kappa shape index (κ1) is 17.6. The van der Waals surface area contributed by atoms with Gasteiger partial charge in [0.05, 0.1) is 12.1 Å². The zero-order valence-corrected chi connectivity index (χ0v) is 16.1. The van der Waals surface area contributed by atoms with Gasteiger partial charge in [0.1, 0.15) is 23.2 Å². The van der Waals surface area contributed by atoms with Crippen molar-refractivity contribution in [2.45, 2.75) is 19.8 Å². The summed E-state index contributed by atoms with van der Waals surface area (Å²) in [6.07, 6.45) is 2.21. The first-order valence-corrected chi connectivity index (χ1v) is 9.33. The predicted molar refractivity (Wildman–Crippen MR) is 110 cm³/mol. The molecule has 1 aliphatic rings. The molecule has 2 aromatic carbocycles. The fraction of sp³-hybridized carbons (Fsp3) is 0.238. The third-order valence-electron chi connectivity index (χ3n) is 4.64. The lowest BCUT2D eigenvalue weighted by atomic mass is 10.0. The molecular formula is C21H21ClN4O. The van der Waals surface area contributed by atoms with Gasteiger partial charge in [-0.15, -0.1) is 0 Å². The maximum atomic E-state index is 6.23. The molecule has 0 amide bonds. The fourth-order valence-electron chi connectivity index (χ4n) is 3.42. The topological polar surface area (TPSA) is 50.3 Å². The number of nitrogens with one attached hydrogen (secondary N) is 1. The van der Waals surface area contributed by atoms with Gasteiger partial charge in [0.2, 0.25) is 0 Å². The fourth-order valence-corrected chi connectivity index (χ4v) is 3.68. The molecule has 0 saturated heterocycles. The summed E-state index contributed by atoms with van der Waals surface area (Å²) in [6, 6.07) is 16.1. The molecule has 6 heteroatoms. The van der Waals surface area contributed by atoms with Gasteiger partial charge in [-0.3, -0.25) is 0 Å². The largest absolute Gasteiger partial charge is 0.495 e. The van der Waals surface area contributed by atoms with Crippen molar-refractivity contribution in [1.82, 2.24) is 9.97 Å². The van der Waals surface area contributed by atoms with Gasteiger partial charge in [-0.05, 0) is 49.6 Å². The van der Waals surface area contributed by atoms with Crippen molar-refractivity contribution in [1.29, 1.82) is 0 Å². The van der Waals surface area contributed by atoms with E-state index in [1.807, 2.05) is 31.2 Å². The summed E-state index contributed by atoms with van der Waals surface area (Å²) in [4.78, 5) is 11.5. The van der Waals surface area contributed by atoms with Crippen LogP contribution in [0.1, 0.15) is 17.8 Å². The number of fused-ring (bicyclic) bond motifs is 1. The number of aryl methyl sites for hydroxylation is 2. The molecule has 0 saturated carbocycles. The summed E-state index contributed by atoms with van der Waals surface area (Å²) in [5.74, 6) is 3.00. The van der Waals surface area contributed by atoms with Crippen LogP contribution in [-0.2, 0) is 6.42 Å². The molecule has 3 aromatic rings. The quantitative estimate of drug-likeness (QED) is 0.667. The van der Waals surface area contributed by atoms with Crippen LogP contribution in [0.5, 0.6) is 5.75 Å². The maximum absolute atomic E-state index is 6.23. The molecule has 0 unspecified atom stereocenters. The molecule has 0 radical (unpaired) electrons. The molecule has 1 aliphatic heterocycles. The Morgan fingerprint density at radius 3 is 2.78 bits per heavy atom. The van der Waals surface area contributed by atoms with Crippen molar-refractivity contribution in [3.05, 3.63) is 64.9 Å². The summed E-state index contributed by atoms with van der Waals surface area (Å²) in [7, 11) is 1.60. The smallest absolute Gasteiger partial charge is 0.138 e. The summed E-state index contributed by atoms with van der Waals surface area (Å²) < 4.78 is 5.21. The third kappa shape index (κ3) is 3.69. The highest BCUT2D eigenvalue weighted by atomic mass is 35.5. The molecule has 1 aromatic heterocycles. The number of halogens is 1. The van der Waals surface area contributed by atoms with Crippen molar-refractivity contribution in [2.75, 3.05) is 23.9 Å². The number of para-hydroxylation sites is 1. The lowest BCUT2D eigenvalue weighted by Crippen LogP contribution is -2.25. The van der Waals surface area contributed by atoms with Crippen LogP contribution in [0.25, 0.3) is 0 Å². The lowest BCUT2D eigenvalue weighted by Gasteiger charge is -2.30. The summed E-state index contributed by atoms with van der Waals surface area (Å²) in [6.45, 7) is 2.85. The second kappa shape index (κ2) is 7.45. The van der Waals surface area contributed by atoms with E-state index in [1.54, 1.807) is 7.11 Å². The van der Waals surface area contributed by atoms with Gasteiger partial charge in [-0.25, -0.2) is 9.97 Å². The third-order valence-corrected chi connectivity index (χ3v) is 4.93. The number of hydrogen-bond donors (Lipinski definition) is 1. The van der Waals surface area contributed by atoms with E-state index >= 15 is 0 Å². The number of nitrogens with zero attached hydrogens (tertiary/aromatic N) is 3. The Labute approximate surface area is 164 Å². The minimum absolute atomic E-state index is 0.554. The zero-order chi connectivity index (χ0) is 18.8. The Morgan fingerprint density at radius 2 is 1.96 bits per heavy atom. The van der Waals surface area contributed by atoms with Crippen LogP contribution in [0.15, 0.2) is 48.5 Å². The summed E-state index contributed by atoms with van der Waals surface area (Å²) in [5.41, 5.74) is 3.43. The number of hydrogen-bond acceptors (Lipinski definition) is 5. The van der Waals surface area contributed by atoms with E-state index in [9.17, 15) is 0 Å². The van der Waals surface area contributed by atoms with Crippen LogP contribution in [-0.4, -0.2) is 23.6 Å².